The normalized spacial score (nSPS) is 11.2. The minimum Gasteiger partial charge on any atom is -0.494 e. The summed E-state index contributed by atoms with van der Waals surface area (Å²) in [5.74, 6) is 1.72. The van der Waals surface area contributed by atoms with Crippen LogP contribution in [0.25, 0.3) is 22.6 Å². The molecule has 3 heterocycles. The zero-order valence-corrected chi connectivity index (χ0v) is 13.5. The summed E-state index contributed by atoms with van der Waals surface area (Å²) in [5.41, 5.74) is 2.86. The molecule has 4 aromatic rings. The third-order valence-corrected chi connectivity index (χ3v) is 4.47. The molecule has 0 aliphatic heterocycles. The maximum Gasteiger partial charge on any atom is 0.177 e. The Morgan fingerprint density at radius 3 is 2.83 bits per heavy atom. The molecule has 4 rings (SSSR count). The Hall–Kier alpha value is -2.60. The van der Waals surface area contributed by atoms with E-state index in [9.17, 15) is 0 Å². The third-order valence-electron chi connectivity index (χ3n) is 3.61. The van der Waals surface area contributed by atoms with Crippen molar-refractivity contribution in [2.45, 2.75) is 13.5 Å². The highest BCUT2D eigenvalue weighted by Gasteiger charge is 2.11. The smallest absolute Gasteiger partial charge is 0.177 e. The highest BCUT2D eigenvalue weighted by Crippen LogP contribution is 2.23. The summed E-state index contributed by atoms with van der Waals surface area (Å²) in [6.45, 7) is 3.39. The quantitative estimate of drug-likeness (QED) is 0.605. The fourth-order valence-corrected chi connectivity index (χ4v) is 3.21. The molecule has 3 aromatic heterocycles. The van der Waals surface area contributed by atoms with Gasteiger partial charge in [-0.25, -0.2) is 9.67 Å². The van der Waals surface area contributed by atoms with E-state index in [0.29, 0.717) is 6.61 Å². The molecule has 0 spiro atoms. The number of aromatic amines is 1. The standard InChI is InChI=1S/C17H16N4OS/c1-2-22-13-7-5-12(6-8-13)16-19-15-10-18-21(17(15)20-16)11-14-4-3-9-23-14/h3-10H,2,11H2,1H3,(H,19,20). The van der Waals surface area contributed by atoms with Crippen LogP contribution in [0.3, 0.4) is 0 Å². The maximum absolute atomic E-state index is 5.47. The topological polar surface area (TPSA) is 55.7 Å². The second-order valence-electron chi connectivity index (χ2n) is 5.16. The average molecular weight is 324 g/mol. The fraction of sp³-hybridized carbons (Fsp3) is 0.176. The first-order valence-corrected chi connectivity index (χ1v) is 8.38. The number of imidazole rings is 1. The first-order valence-electron chi connectivity index (χ1n) is 7.50. The lowest BCUT2D eigenvalue weighted by molar-refractivity contribution is 0.340. The van der Waals surface area contributed by atoms with E-state index in [1.807, 2.05) is 42.1 Å². The second kappa shape index (κ2) is 5.89. The van der Waals surface area contributed by atoms with E-state index in [4.69, 9.17) is 9.72 Å². The molecule has 0 radical (unpaired) electrons. The van der Waals surface area contributed by atoms with Gasteiger partial charge in [-0.05, 0) is 42.6 Å². The molecular formula is C17H16N4OS. The largest absolute Gasteiger partial charge is 0.494 e. The van der Waals surface area contributed by atoms with Gasteiger partial charge in [0.1, 0.15) is 17.1 Å². The summed E-state index contributed by atoms with van der Waals surface area (Å²) < 4.78 is 7.40. The third kappa shape index (κ3) is 2.73. The van der Waals surface area contributed by atoms with Crippen LogP contribution in [0, 0.1) is 0 Å². The lowest BCUT2D eigenvalue weighted by atomic mass is 10.2. The van der Waals surface area contributed by atoms with Gasteiger partial charge < -0.3 is 9.72 Å². The van der Waals surface area contributed by atoms with E-state index < -0.39 is 0 Å². The minimum atomic E-state index is 0.669. The number of hydrogen-bond acceptors (Lipinski definition) is 4. The van der Waals surface area contributed by atoms with E-state index in [1.54, 1.807) is 11.3 Å². The number of nitrogens with zero attached hydrogens (tertiary/aromatic N) is 3. The van der Waals surface area contributed by atoms with Crippen LogP contribution in [0.2, 0.25) is 0 Å². The van der Waals surface area contributed by atoms with Gasteiger partial charge in [-0.3, -0.25) is 0 Å². The van der Waals surface area contributed by atoms with Gasteiger partial charge in [-0.2, -0.15) is 5.10 Å². The van der Waals surface area contributed by atoms with Gasteiger partial charge >= 0.3 is 0 Å². The molecule has 0 aliphatic rings. The molecule has 0 bridgehead atoms. The maximum atomic E-state index is 5.47. The average Bonchev–Trinajstić information content (AvgIpc) is 3.28. The van der Waals surface area contributed by atoms with Gasteiger partial charge in [0.15, 0.2) is 5.65 Å². The zero-order chi connectivity index (χ0) is 15.6. The van der Waals surface area contributed by atoms with E-state index in [-0.39, 0.29) is 0 Å². The van der Waals surface area contributed by atoms with Gasteiger partial charge in [0, 0.05) is 10.4 Å². The predicted molar refractivity (Wildman–Crippen MR) is 91.9 cm³/mol. The van der Waals surface area contributed by atoms with E-state index in [2.05, 4.69) is 27.6 Å². The van der Waals surface area contributed by atoms with Crippen molar-refractivity contribution in [3.63, 3.8) is 0 Å². The molecule has 5 nitrogen and oxygen atoms in total. The lowest BCUT2D eigenvalue weighted by Crippen LogP contribution is -2.00. The molecule has 0 unspecified atom stereocenters. The van der Waals surface area contributed by atoms with Gasteiger partial charge in [0.25, 0.3) is 0 Å². The molecule has 0 fully saturated rings. The summed E-state index contributed by atoms with van der Waals surface area (Å²) in [7, 11) is 0. The lowest BCUT2D eigenvalue weighted by Gasteiger charge is -2.03. The number of ether oxygens (including phenoxy) is 1. The highest BCUT2D eigenvalue weighted by atomic mass is 32.1. The summed E-state index contributed by atoms with van der Waals surface area (Å²) in [4.78, 5) is 9.30. The van der Waals surface area contributed by atoms with Crippen molar-refractivity contribution in [3.8, 4) is 17.1 Å². The number of aromatic nitrogens is 4. The summed E-state index contributed by atoms with van der Waals surface area (Å²) >= 11 is 1.73. The molecule has 0 saturated carbocycles. The number of hydrogen-bond donors (Lipinski definition) is 1. The summed E-state index contributed by atoms with van der Waals surface area (Å²) in [6.07, 6.45) is 1.83. The number of fused-ring (bicyclic) bond motifs is 1. The van der Waals surface area contributed by atoms with Crippen molar-refractivity contribution in [2.75, 3.05) is 6.61 Å². The van der Waals surface area contributed by atoms with Crippen LogP contribution < -0.4 is 4.74 Å². The monoisotopic (exact) mass is 324 g/mol. The minimum absolute atomic E-state index is 0.669. The van der Waals surface area contributed by atoms with Crippen molar-refractivity contribution < 1.29 is 4.74 Å². The SMILES string of the molecule is CCOc1ccc(-c2nc3c(cnn3Cc3cccs3)[nH]2)cc1. The van der Waals surface area contributed by atoms with Gasteiger partial charge in [0.2, 0.25) is 0 Å². The number of thiophene rings is 1. The molecule has 0 atom stereocenters. The zero-order valence-electron chi connectivity index (χ0n) is 12.7. The van der Waals surface area contributed by atoms with Crippen molar-refractivity contribution in [1.29, 1.82) is 0 Å². The molecule has 116 valence electrons. The van der Waals surface area contributed by atoms with Crippen LogP contribution in [0.4, 0.5) is 0 Å². The van der Waals surface area contributed by atoms with Crippen molar-refractivity contribution in [2.24, 2.45) is 0 Å². The fourth-order valence-electron chi connectivity index (χ4n) is 2.52. The Labute approximate surface area is 137 Å². The molecule has 23 heavy (non-hydrogen) atoms. The number of benzene rings is 1. The van der Waals surface area contributed by atoms with Crippen molar-refractivity contribution >= 4 is 22.5 Å². The van der Waals surface area contributed by atoms with E-state index in [0.717, 1.165) is 34.8 Å². The summed E-state index contributed by atoms with van der Waals surface area (Å²) in [6, 6.07) is 12.1. The van der Waals surface area contributed by atoms with Gasteiger partial charge in [0.05, 0.1) is 19.3 Å². The number of rotatable bonds is 5. The Morgan fingerprint density at radius 1 is 1.22 bits per heavy atom. The van der Waals surface area contributed by atoms with Crippen LogP contribution in [0.15, 0.2) is 48.0 Å². The molecule has 1 N–H and O–H groups in total. The number of nitrogens with one attached hydrogen (secondary N) is 1. The molecule has 0 aliphatic carbocycles. The van der Waals surface area contributed by atoms with E-state index >= 15 is 0 Å². The first kappa shape index (κ1) is 14.0. The Kier molecular flexibility index (Phi) is 3.59. The van der Waals surface area contributed by atoms with Crippen LogP contribution in [-0.2, 0) is 6.54 Å². The molecular weight excluding hydrogens is 308 g/mol. The van der Waals surface area contributed by atoms with Crippen molar-refractivity contribution in [3.05, 3.63) is 52.9 Å². The first-order chi connectivity index (χ1) is 11.3. The molecule has 0 saturated heterocycles. The predicted octanol–water partition coefficient (Wildman–Crippen LogP) is 3.93. The van der Waals surface area contributed by atoms with Crippen LogP contribution >= 0.6 is 11.3 Å². The Balaban J connectivity index is 1.65. The Bertz CT molecular complexity index is 906. The van der Waals surface area contributed by atoms with Crippen molar-refractivity contribution in [1.82, 2.24) is 19.7 Å². The van der Waals surface area contributed by atoms with Crippen LogP contribution in [0.5, 0.6) is 5.75 Å². The van der Waals surface area contributed by atoms with Gasteiger partial charge in [-0.1, -0.05) is 6.07 Å². The van der Waals surface area contributed by atoms with Crippen LogP contribution in [-0.4, -0.2) is 26.4 Å². The molecule has 0 amide bonds. The Morgan fingerprint density at radius 2 is 2.09 bits per heavy atom. The molecule has 1 aromatic carbocycles. The van der Waals surface area contributed by atoms with Crippen LogP contribution in [0.1, 0.15) is 11.8 Å². The van der Waals surface area contributed by atoms with E-state index in [1.165, 1.54) is 4.88 Å². The highest BCUT2D eigenvalue weighted by molar-refractivity contribution is 7.09. The molecule has 6 heteroatoms. The summed E-state index contributed by atoms with van der Waals surface area (Å²) in [5, 5.41) is 6.49. The number of H-pyrrole nitrogens is 1. The second-order valence-corrected chi connectivity index (χ2v) is 6.19. The van der Waals surface area contributed by atoms with Gasteiger partial charge in [-0.15, -0.1) is 11.3 Å².